The van der Waals surface area contributed by atoms with Crippen LogP contribution in [0.4, 0.5) is 11.4 Å². The highest BCUT2D eigenvalue weighted by atomic mass is 15.2. The van der Waals surface area contributed by atoms with Crippen LogP contribution >= 0.6 is 0 Å². The molecule has 1 atom stereocenters. The van der Waals surface area contributed by atoms with Crippen LogP contribution in [0.2, 0.25) is 0 Å². The van der Waals surface area contributed by atoms with Gasteiger partial charge in [-0.3, -0.25) is 4.98 Å². The molecule has 3 rings (SSSR count). The molecule has 2 N–H and O–H groups in total. The molecule has 19 heavy (non-hydrogen) atoms. The molecular weight excluding hydrogens is 234 g/mol. The number of hydrogen-bond donors (Lipinski definition) is 1. The largest absolute Gasteiger partial charge is 0.399 e. The normalized spacial score (nSPS) is 20.5. The fourth-order valence-corrected chi connectivity index (χ4v) is 3.03. The van der Waals surface area contributed by atoms with Gasteiger partial charge < -0.3 is 10.6 Å². The highest BCUT2D eigenvalue weighted by molar-refractivity contribution is 5.93. The average Bonchev–Trinajstić information content (AvgIpc) is 2.62. The smallest absolute Gasteiger partial charge is 0.0743 e. The van der Waals surface area contributed by atoms with Crippen molar-refractivity contribution in [1.82, 2.24) is 4.98 Å². The standard InChI is InChI=1S/C16H21N3/c1-12-5-3-2-4-10-19(12)16-8-9-18-15-11-13(17)6-7-14(15)16/h6-9,11-12H,2-5,10,17H2,1H3. The van der Waals surface area contributed by atoms with Gasteiger partial charge in [0, 0.05) is 35.5 Å². The molecule has 3 nitrogen and oxygen atoms in total. The highest BCUT2D eigenvalue weighted by Crippen LogP contribution is 2.30. The van der Waals surface area contributed by atoms with E-state index in [0.29, 0.717) is 6.04 Å². The summed E-state index contributed by atoms with van der Waals surface area (Å²) in [5.41, 5.74) is 8.93. The van der Waals surface area contributed by atoms with E-state index in [1.54, 1.807) is 0 Å². The topological polar surface area (TPSA) is 42.2 Å². The molecule has 1 fully saturated rings. The summed E-state index contributed by atoms with van der Waals surface area (Å²) in [6, 6.07) is 8.77. The van der Waals surface area contributed by atoms with Crippen LogP contribution in [0.1, 0.15) is 32.6 Å². The molecular formula is C16H21N3. The summed E-state index contributed by atoms with van der Waals surface area (Å²) < 4.78 is 0. The van der Waals surface area contributed by atoms with Gasteiger partial charge in [-0.2, -0.15) is 0 Å². The van der Waals surface area contributed by atoms with E-state index in [0.717, 1.165) is 17.7 Å². The summed E-state index contributed by atoms with van der Waals surface area (Å²) in [5, 5.41) is 1.21. The fourth-order valence-electron chi connectivity index (χ4n) is 3.03. The van der Waals surface area contributed by atoms with Crippen molar-refractivity contribution in [2.75, 3.05) is 17.2 Å². The minimum atomic E-state index is 0.602. The van der Waals surface area contributed by atoms with Gasteiger partial charge in [-0.15, -0.1) is 0 Å². The van der Waals surface area contributed by atoms with Crippen LogP contribution < -0.4 is 10.6 Å². The maximum absolute atomic E-state index is 5.85. The predicted octanol–water partition coefficient (Wildman–Crippen LogP) is 3.59. The Bertz CT molecular complexity index is 579. The SMILES string of the molecule is CC1CCCCCN1c1ccnc2cc(N)ccc12. The molecule has 0 spiro atoms. The van der Waals surface area contributed by atoms with E-state index < -0.39 is 0 Å². The van der Waals surface area contributed by atoms with Crippen molar-refractivity contribution in [2.24, 2.45) is 0 Å². The fraction of sp³-hybridized carbons (Fsp3) is 0.438. The van der Waals surface area contributed by atoms with E-state index in [2.05, 4.69) is 28.9 Å². The minimum Gasteiger partial charge on any atom is -0.399 e. The van der Waals surface area contributed by atoms with Crippen LogP contribution in [0, 0.1) is 0 Å². The van der Waals surface area contributed by atoms with Gasteiger partial charge in [0.1, 0.15) is 0 Å². The Morgan fingerprint density at radius 1 is 1.21 bits per heavy atom. The van der Waals surface area contributed by atoms with Gasteiger partial charge >= 0.3 is 0 Å². The molecule has 2 heterocycles. The molecule has 1 aromatic heterocycles. The first kappa shape index (κ1) is 12.3. The molecule has 2 aromatic rings. The first-order valence-electron chi connectivity index (χ1n) is 7.16. The number of rotatable bonds is 1. The van der Waals surface area contributed by atoms with Gasteiger partial charge in [0.2, 0.25) is 0 Å². The number of anilines is 2. The number of benzene rings is 1. The van der Waals surface area contributed by atoms with E-state index in [9.17, 15) is 0 Å². The average molecular weight is 255 g/mol. The van der Waals surface area contributed by atoms with Gasteiger partial charge in [-0.1, -0.05) is 12.8 Å². The van der Waals surface area contributed by atoms with Crippen LogP contribution in [-0.2, 0) is 0 Å². The maximum Gasteiger partial charge on any atom is 0.0743 e. The number of nitrogens with zero attached hydrogens (tertiary/aromatic N) is 2. The zero-order chi connectivity index (χ0) is 13.2. The Balaban J connectivity index is 2.08. The van der Waals surface area contributed by atoms with Crippen molar-refractivity contribution in [1.29, 1.82) is 0 Å². The third-order valence-corrected chi connectivity index (χ3v) is 4.11. The number of fused-ring (bicyclic) bond motifs is 1. The molecule has 100 valence electrons. The van der Waals surface area contributed by atoms with Crippen molar-refractivity contribution < 1.29 is 0 Å². The second-order valence-corrected chi connectivity index (χ2v) is 5.50. The van der Waals surface area contributed by atoms with Crippen LogP contribution in [0.15, 0.2) is 30.5 Å². The summed E-state index contributed by atoms with van der Waals surface area (Å²) in [5.74, 6) is 0. The van der Waals surface area contributed by atoms with Gasteiger partial charge in [0.25, 0.3) is 0 Å². The van der Waals surface area contributed by atoms with E-state index in [4.69, 9.17) is 5.73 Å². The van der Waals surface area contributed by atoms with Crippen molar-refractivity contribution >= 4 is 22.3 Å². The Hall–Kier alpha value is -1.77. The van der Waals surface area contributed by atoms with Crippen molar-refractivity contribution in [3.8, 4) is 0 Å². The highest BCUT2D eigenvalue weighted by Gasteiger charge is 2.19. The number of nitrogen functional groups attached to an aromatic ring is 1. The molecule has 0 bridgehead atoms. The maximum atomic E-state index is 5.85. The Labute approximate surface area is 114 Å². The lowest BCUT2D eigenvalue weighted by atomic mass is 10.1. The number of hydrogen-bond acceptors (Lipinski definition) is 3. The summed E-state index contributed by atoms with van der Waals surface area (Å²) in [6.07, 6.45) is 7.14. The van der Waals surface area contributed by atoms with Crippen molar-refractivity contribution in [2.45, 2.75) is 38.6 Å². The minimum absolute atomic E-state index is 0.602. The molecule has 3 heteroatoms. The lowest BCUT2D eigenvalue weighted by Gasteiger charge is -2.30. The predicted molar refractivity (Wildman–Crippen MR) is 81.4 cm³/mol. The Morgan fingerprint density at radius 2 is 2.11 bits per heavy atom. The van der Waals surface area contributed by atoms with E-state index in [1.165, 1.54) is 36.8 Å². The summed E-state index contributed by atoms with van der Waals surface area (Å²) in [6.45, 7) is 3.47. The molecule has 1 aromatic carbocycles. The molecule has 0 radical (unpaired) electrons. The Morgan fingerprint density at radius 3 is 3.00 bits per heavy atom. The first-order chi connectivity index (χ1) is 9.25. The molecule has 0 amide bonds. The van der Waals surface area contributed by atoms with Crippen LogP contribution in [-0.4, -0.2) is 17.6 Å². The monoisotopic (exact) mass is 255 g/mol. The molecule has 1 aliphatic heterocycles. The summed E-state index contributed by atoms with van der Waals surface area (Å²) in [7, 11) is 0. The second-order valence-electron chi connectivity index (χ2n) is 5.50. The van der Waals surface area contributed by atoms with E-state index in [-0.39, 0.29) is 0 Å². The first-order valence-corrected chi connectivity index (χ1v) is 7.16. The van der Waals surface area contributed by atoms with Crippen LogP contribution in [0.25, 0.3) is 10.9 Å². The van der Waals surface area contributed by atoms with Crippen molar-refractivity contribution in [3.63, 3.8) is 0 Å². The van der Waals surface area contributed by atoms with E-state index >= 15 is 0 Å². The lowest BCUT2D eigenvalue weighted by Crippen LogP contribution is -2.32. The molecule has 1 saturated heterocycles. The molecule has 1 aliphatic rings. The van der Waals surface area contributed by atoms with Gasteiger partial charge in [0.15, 0.2) is 0 Å². The van der Waals surface area contributed by atoms with Gasteiger partial charge in [-0.25, -0.2) is 0 Å². The molecule has 0 aliphatic carbocycles. The second kappa shape index (κ2) is 5.08. The number of aromatic nitrogens is 1. The van der Waals surface area contributed by atoms with Crippen molar-refractivity contribution in [3.05, 3.63) is 30.5 Å². The quantitative estimate of drug-likeness (QED) is 0.792. The third-order valence-electron chi connectivity index (χ3n) is 4.11. The zero-order valence-electron chi connectivity index (χ0n) is 11.5. The van der Waals surface area contributed by atoms with Gasteiger partial charge in [0.05, 0.1) is 5.52 Å². The van der Waals surface area contributed by atoms with Crippen LogP contribution in [0.3, 0.4) is 0 Å². The summed E-state index contributed by atoms with van der Waals surface area (Å²) in [4.78, 5) is 6.97. The zero-order valence-corrected chi connectivity index (χ0v) is 11.5. The molecule has 1 unspecified atom stereocenters. The lowest BCUT2D eigenvalue weighted by molar-refractivity contribution is 0.617. The van der Waals surface area contributed by atoms with Gasteiger partial charge in [-0.05, 0) is 44.0 Å². The van der Waals surface area contributed by atoms with E-state index in [1.807, 2.05) is 18.3 Å². The molecule has 0 saturated carbocycles. The van der Waals surface area contributed by atoms with Crippen LogP contribution in [0.5, 0.6) is 0 Å². The number of pyridine rings is 1. The summed E-state index contributed by atoms with van der Waals surface area (Å²) >= 11 is 0. The number of nitrogens with two attached hydrogens (primary N) is 1. The third kappa shape index (κ3) is 2.37. The Kier molecular flexibility index (Phi) is 3.28.